The molecule has 0 aliphatic heterocycles. The van der Waals surface area contributed by atoms with E-state index in [1.165, 1.54) is 0 Å². The van der Waals surface area contributed by atoms with Gasteiger partial charge in [-0.25, -0.2) is 9.67 Å². The lowest BCUT2D eigenvalue weighted by atomic mass is 10.2. The highest BCUT2D eigenvalue weighted by Crippen LogP contribution is 2.28. The zero-order valence-corrected chi connectivity index (χ0v) is 12.7. The molecule has 2 N–H and O–H groups in total. The number of primary amides is 1. The number of ether oxygens (including phenoxy) is 1. The number of benzene rings is 1. The molecule has 6 nitrogen and oxygen atoms in total. The van der Waals surface area contributed by atoms with Gasteiger partial charge in [0.25, 0.3) is 5.91 Å². The Morgan fingerprint density at radius 3 is 2.86 bits per heavy atom. The molecule has 2 aromatic rings. The minimum absolute atomic E-state index is 0.0254. The van der Waals surface area contributed by atoms with Crippen molar-refractivity contribution in [3.8, 4) is 5.75 Å². The van der Waals surface area contributed by atoms with Gasteiger partial charge in [0.15, 0.2) is 0 Å². The summed E-state index contributed by atoms with van der Waals surface area (Å²) < 4.78 is 6.85. The number of halogens is 1. The van der Waals surface area contributed by atoms with Crippen LogP contribution in [0.1, 0.15) is 35.4 Å². The van der Waals surface area contributed by atoms with Crippen LogP contribution >= 0.6 is 11.6 Å². The van der Waals surface area contributed by atoms with Crippen LogP contribution in [0.4, 0.5) is 0 Å². The first kappa shape index (κ1) is 15.3. The van der Waals surface area contributed by atoms with Crippen molar-refractivity contribution >= 4 is 17.5 Å². The van der Waals surface area contributed by atoms with Gasteiger partial charge in [-0.05, 0) is 18.1 Å². The van der Waals surface area contributed by atoms with E-state index in [1.807, 2.05) is 19.1 Å². The van der Waals surface area contributed by atoms with Gasteiger partial charge in [0.05, 0.1) is 18.7 Å². The maximum atomic E-state index is 11.2. The van der Waals surface area contributed by atoms with E-state index in [9.17, 15) is 4.79 Å². The number of nitrogens with zero attached hydrogens (tertiary/aromatic N) is 3. The Balaban J connectivity index is 2.36. The molecule has 0 aliphatic carbocycles. The molecule has 112 valence electrons. The quantitative estimate of drug-likeness (QED) is 0.885. The fraction of sp³-hybridized carbons (Fsp3) is 0.357. The van der Waals surface area contributed by atoms with Gasteiger partial charge in [-0.3, -0.25) is 4.79 Å². The molecule has 0 bridgehead atoms. The van der Waals surface area contributed by atoms with E-state index in [0.29, 0.717) is 29.6 Å². The first-order valence-electron chi connectivity index (χ1n) is 6.61. The molecule has 0 aliphatic rings. The summed E-state index contributed by atoms with van der Waals surface area (Å²) >= 11 is 6.28. The minimum atomic E-state index is -0.636. The van der Waals surface area contributed by atoms with Crippen LogP contribution in [0.25, 0.3) is 0 Å². The summed E-state index contributed by atoms with van der Waals surface area (Å²) in [6.07, 6.45) is 1.60. The van der Waals surface area contributed by atoms with Gasteiger partial charge in [-0.2, -0.15) is 0 Å². The van der Waals surface area contributed by atoms with Crippen LogP contribution < -0.4 is 10.5 Å². The van der Waals surface area contributed by atoms with Gasteiger partial charge >= 0.3 is 0 Å². The van der Waals surface area contributed by atoms with Crippen molar-refractivity contribution in [2.45, 2.75) is 26.3 Å². The van der Waals surface area contributed by atoms with E-state index in [4.69, 9.17) is 22.1 Å². The molecule has 1 aromatic carbocycles. The average Bonchev–Trinajstić information content (AvgIpc) is 2.85. The number of hydrogen-bond donors (Lipinski definition) is 1. The summed E-state index contributed by atoms with van der Waals surface area (Å²) in [5.41, 5.74) is 6.08. The molecule has 1 amide bonds. The van der Waals surface area contributed by atoms with Crippen LogP contribution in [0.3, 0.4) is 0 Å². The smallest absolute Gasteiger partial charge is 0.288 e. The highest BCUT2D eigenvalue weighted by Gasteiger charge is 2.15. The number of aryl methyl sites for hydroxylation is 1. The molecule has 0 atom stereocenters. The molecule has 0 spiro atoms. The molecular formula is C14H17ClN4O2. The van der Waals surface area contributed by atoms with Crippen molar-refractivity contribution < 1.29 is 9.53 Å². The predicted molar refractivity (Wildman–Crippen MR) is 79.6 cm³/mol. The van der Waals surface area contributed by atoms with Crippen molar-refractivity contribution in [1.29, 1.82) is 0 Å². The van der Waals surface area contributed by atoms with E-state index in [-0.39, 0.29) is 5.82 Å². The van der Waals surface area contributed by atoms with Gasteiger partial charge in [0.2, 0.25) is 5.82 Å². The Bertz CT molecular complexity index is 654. The van der Waals surface area contributed by atoms with Crippen LogP contribution in [-0.2, 0) is 13.0 Å². The number of carbonyl (C=O) groups is 1. The number of methoxy groups -OCH3 is 1. The number of rotatable bonds is 6. The third kappa shape index (κ3) is 3.33. The molecule has 0 unspecified atom stereocenters. The van der Waals surface area contributed by atoms with Gasteiger partial charge in [-0.15, -0.1) is 5.10 Å². The highest BCUT2D eigenvalue weighted by atomic mass is 35.5. The molecular weight excluding hydrogens is 292 g/mol. The van der Waals surface area contributed by atoms with Crippen molar-refractivity contribution in [2.24, 2.45) is 5.73 Å². The Labute approximate surface area is 127 Å². The standard InChI is InChI=1S/C14H17ClN4O2/c1-3-5-11-17-14(13(16)20)18-19(11)8-9-6-4-7-10(21-2)12(9)15/h4,6-7H,3,5,8H2,1-2H3,(H2,16,20). The molecule has 0 fully saturated rings. The monoisotopic (exact) mass is 308 g/mol. The summed E-state index contributed by atoms with van der Waals surface area (Å²) in [6.45, 7) is 2.44. The third-order valence-electron chi connectivity index (χ3n) is 3.03. The Morgan fingerprint density at radius 1 is 1.48 bits per heavy atom. The number of nitrogens with two attached hydrogens (primary N) is 1. The number of aromatic nitrogens is 3. The molecule has 0 saturated heterocycles. The second kappa shape index (κ2) is 6.58. The molecule has 7 heteroatoms. The van der Waals surface area contributed by atoms with Gasteiger partial charge in [0.1, 0.15) is 11.6 Å². The van der Waals surface area contributed by atoms with E-state index in [2.05, 4.69) is 10.1 Å². The molecule has 0 saturated carbocycles. The minimum Gasteiger partial charge on any atom is -0.495 e. The van der Waals surface area contributed by atoms with Crippen LogP contribution in [0.15, 0.2) is 18.2 Å². The van der Waals surface area contributed by atoms with Gasteiger partial charge in [0, 0.05) is 6.42 Å². The van der Waals surface area contributed by atoms with Crippen molar-refractivity contribution in [3.05, 3.63) is 40.4 Å². The predicted octanol–water partition coefficient (Wildman–Crippen LogP) is 2.04. The second-order valence-electron chi connectivity index (χ2n) is 4.56. The van der Waals surface area contributed by atoms with Gasteiger partial charge < -0.3 is 10.5 Å². The lowest BCUT2D eigenvalue weighted by Crippen LogP contribution is -2.14. The van der Waals surface area contributed by atoms with Crippen molar-refractivity contribution in [3.63, 3.8) is 0 Å². The van der Waals surface area contributed by atoms with E-state index in [0.717, 1.165) is 12.0 Å². The third-order valence-corrected chi connectivity index (χ3v) is 3.45. The number of hydrogen-bond acceptors (Lipinski definition) is 4. The summed E-state index contributed by atoms with van der Waals surface area (Å²) in [4.78, 5) is 15.4. The highest BCUT2D eigenvalue weighted by molar-refractivity contribution is 6.32. The second-order valence-corrected chi connectivity index (χ2v) is 4.93. The molecule has 21 heavy (non-hydrogen) atoms. The van der Waals surface area contributed by atoms with E-state index >= 15 is 0 Å². The normalized spacial score (nSPS) is 10.6. The van der Waals surface area contributed by atoms with E-state index < -0.39 is 5.91 Å². The number of amides is 1. The lowest BCUT2D eigenvalue weighted by Gasteiger charge is -2.10. The zero-order chi connectivity index (χ0) is 15.4. The maximum absolute atomic E-state index is 11.2. The summed E-state index contributed by atoms with van der Waals surface area (Å²) in [5, 5.41) is 4.68. The van der Waals surface area contributed by atoms with Crippen molar-refractivity contribution in [2.75, 3.05) is 7.11 Å². The van der Waals surface area contributed by atoms with Crippen LogP contribution in [-0.4, -0.2) is 27.8 Å². The number of carbonyl (C=O) groups excluding carboxylic acids is 1. The first-order valence-corrected chi connectivity index (χ1v) is 6.99. The molecule has 1 heterocycles. The fourth-order valence-corrected chi connectivity index (χ4v) is 2.27. The maximum Gasteiger partial charge on any atom is 0.288 e. The summed E-state index contributed by atoms with van der Waals surface area (Å²) in [6, 6.07) is 5.52. The largest absolute Gasteiger partial charge is 0.495 e. The molecule has 1 aromatic heterocycles. The SMILES string of the molecule is CCCc1nc(C(N)=O)nn1Cc1cccc(OC)c1Cl. The summed E-state index contributed by atoms with van der Waals surface area (Å²) in [5.74, 6) is 0.701. The van der Waals surface area contributed by atoms with Crippen LogP contribution in [0, 0.1) is 0 Å². The first-order chi connectivity index (χ1) is 10.1. The zero-order valence-electron chi connectivity index (χ0n) is 12.0. The average molecular weight is 309 g/mol. The van der Waals surface area contributed by atoms with Crippen LogP contribution in [0.5, 0.6) is 5.75 Å². The van der Waals surface area contributed by atoms with E-state index in [1.54, 1.807) is 17.9 Å². The lowest BCUT2D eigenvalue weighted by molar-refractivity contribution is 0.0990. The summed E-state index contributed by atoms with van der Waals surface area (Å²) in [7, 11) is 1.56. The molecule has 0 radical (unpaired) electrons. The van der Waals surface area contributed by atoms with Crippen LogP contribution in [0.2, 0.25) is 5.02 Å². The topological polar surface area (TPSA) is 83.0 Å². The van der Waals surface area contributed by atoms with Crippen molar-refractivity contribution in [1.82, 2.24) is 14.8 Å². The Kier molecular flexibility index (Phi) is 4.80. The fourth-order valence-electron chi connectivity index (χ4n) is 2.01. The Hall–Kier alpha value is -2.08. The Morgan fingerprint density at radius 2 is 2.24 bits per heavy atom. The molecule has 2 rings (SSSR count). The van der Waals surface area contributed by atoms with Gasteiger partial charge in [-0.1, -0.05) is 30.7 Å².